The lowest BCUT2D eigenvalue weighted by molar-refractivity contribution is -0.384. The number of nitro groups is 1. The van der Waals surface area contributed by atoms with E-state index in [9.17, 15) is 18.5 Å². The third-order valence-electron chi connectivity index (χ3n) is 3.53. The van der Waals surface area contributed by atoms with E-state index in [2.05, 4.69) is 10.0 Å². The van der Waals surface area contributed by atoms with E-state index in [0.29, 0.717) is 5.69 Å². The van der Waals surface area contributed by atoms with Crippen molar-refractivity contribution in [2.45, 2.75) is 43.5 Å². The predicted molar refractivity (Wildman–Crippen MR) is 79.8 cm³/mol. The number of hydrogen-bond donors (Lipinski definition) is 2. The highest BCUT2D eigenvalue weighted by Gasteiger charge is 2.23. The summed E-state index contributed by atoms with van der Waals surface area (Å²) in [6.07, 6.45) is 4.18. The van der Waals surface area contributed by atoms with Gasteiger partial charge in [0.05, 0.1) is 9.82 Å². The number of nitro benzene ring substituents is 1. The molecule has 0 saturated heterocycles. The minimum atomic E-state index is -3.69. The van der Waals surface area contributed by atoms with E-state index in [1.165, 1.54) is 12.1 Å². The second kappa shape index (κ2) is 6.40. The van der Waals surface area contributed by atoms with Crippen molar-refractivity contribution in [3.63, 3.8) is 0 Å². The topological polar surface area (TPSA) is 101 Å². The molecule has 2 N–H and O–H groups in total. The Kier molecular flexibility index (Phi) is 4.79. The number of hydrogen-bond acceptors (Lipinski definition) is 5. The highest BCUT2D eigenvalue weighted by Crippen LogP contribution is 2.30. The number of nitrogens with one attached hydrogen (secondary N) is 2. The van der Waals surface area contributed by atoms with Gasteiger partial charge in [-0.1, -0.05) is 19.8 Å². The molecule has 1 fully saturated rings. The van der Waals surface area contributed by atoms with Crippen molar-refractivity contribution in [1.29, 1.82) is 0 Å². The lowest BCUT2D eigenvalue weighted by Gasteiger charge is -2.14. The zero-order valence-electron chi connectivity index (χ0n) is 11.8. The van der Waals surface area contributed by atoms with Crippen LogP contribution in [0.5, 0.6) is 0 Å². The third-order valence-corrected chi connectivity index (χ3v) is 5.07. The molecular formula is C13H19N3O4S. The third kappa shape index (κ3) is 3.70. The molecule has 0 aliphatic heterocycles. The van der Waals surface area contributed by atoms with Crippen LogP contribution in [0.3, 0.4) is 0 Å². The molecular weight excluding hydrogens is 294 g/mol. The predicted octanol–water partition coefficient (Wildman–Crippen LogP) is 2.25. The number of sulfonamides is 1. The van der Waals surface area contributed by atoms with Crippen LogP contribution in [0.2, 0.25) is 0 Å². The Morgan fingerprint density at radius 3 is 2.57 bits per heavy atom. The fourth-order valence-electron chi connectivity index (χ4n) is 2.52. The van der Waals surface area contributed by atoms with Gasteiger partial charge in [0.2, 0.25) is 10.0 Å². The van der Waals surface area contributed by atoms with Crippen LogP contribution in [-0.2, 0) is 10.0 Å². The Morgan fingerprint density at radius 1 is 1.33 bits per heavy atom. The summed E-state index contributed by atoms with van der Waals surface area (Å²) < 4.78 is 26.1. The van der Waals surface area contributed by atoms with E-state index in [-0.39, 0.29) is 23.2 Å². The minimum absolute atomic E-state index is 0.0898. The van der Waals surface area contributed by atoms with Gasteiger partial charge in [0, 0.05) is 18.7 Å². The van der Waals surface area contributed by atoms with E-state index >= 15 is 0 Å². The minimum Gasteiger partial charge on any atom is -0.377 e. The average molecular weight is 313 g/mol. The molecule has 2 rings (SSSR count). The summed E-state index contributed by atoms with van der Waals surface area (Å²) in [5, 5.41) is 14.3. The molecule has 7 nitrogen and oxygen atoms in total. The zero-order valence-corrected chi connectivity index (χ0v) is 12.6. The van der Waals surface area contributed by atoms with Crippen LogP contribution in [0.25, 0.3) is 0 Å². The van der Waals surface area contributed by atoms with Gasteiger partial charge in [-0.05, 0) is 25.0 Å². The first-order valence-corrected chi connectivity index (χ1v) is 8.47. The monoisotopic (exact) mass is 313 g/mol. The van der Waals surface area contributed by atoms with Crippen molar-refractivity contribution < 1.29 is 13.3 Å². The quantitative estimate of drug-likeness (QED) is 0.619. The Balaban J connectivity index is 2.33. The molecule has 116 valence electrons. The smallest absolute Gasteiger partial charge is 0.293 e. The zero-order chi connectivity index (χ0) is 15.5. The van der Waals surface area contributed by atoms with Gasteiger partial charge in [0.1, 0.15) is 5.69 Å². The van der Waals surface area contributed by atoms with Gasteiger partial charge in [-0.2, -0.15) is 0 Å². The SMILES string of the molecule is CCNS(=O)(=O)c1ccc(NC2CCCC2)c([N+](=O)[O-])c1. The maximum Gasteiger partial charge on any atom is 0.293 e. The summed E-state index contributed by atoms with van der Waals surface area (Å²) in [5.41, 5.74) is 0.170. The molecule has 1 aromatic carbocycles. The van der Waals surface area contributed by atoms with Crippen LogP contribution >= 0.6 is 0 Å². The highest BCUT2D eigenvalue weighted by atomic mass is 32.2. The molecule has 21 heavy (non-hydrogen) atoms. The Labute approximate surface area is 123 Å². The van der Waals surface area contributed by atoms with Crippen molar-refractivity contribution >= 4 is 21.4 Å². The normalized spacial score (nSPS) is 16.0. The molecule has 0 atom stereocenters. The summed E-state index contributed by atoms with van der Waals surface area (Å²) in [4.78, 5) is 10.5. The Bertz CT molecular complexity index is 624. The largest absolute Gasteiger partial charge is 0.377 e. The summed E-state index contributed by atoms with van der Waals surface area (Å²) in [7, 11) is -3.69. The fourth-order valence-corrected chi connectivity index (χ4v) is 3.58. The summed E-state index contributed by atoms with van der Waals surface area (Å²) in [6, 6.07) is 4.19. The lowest BCUT2D eigenvalue weighted by atomic mass is 10.2. The number of rotatable bonds is 6. The van der Waals surface area contributed by atoms with Gasteiger partial charge in [0.25, 0.3) is 5.69 Å². The van der Waals surface area contributed by atoms with E-state index < -0.39 is 14.9 Å². The van der Waals surface area contributed by atoms with Gasteiger partial charge < -0.3 is 5.32 Å². The molecule has 0 aromatic heterocycles. The second-order valence-corrected chi connectivity index (χ2v) is 6.83. The molecule has 1 saturated carbocycles. The molecule has 0 heterocycles. The molecule has 0 bridgehead atoms. The summed E-state index contributed by atoms with van der Waals surface area (Å²) in [5.74, 6) is 0. The number of nitrogens with zero attached hydrogens (tertiary/aromatic N) is 1. The van der Waals surface area contributed by atoms with Crippen LogP contribution in [0.15, 0.2) is 23.1 Å². The van der Waals surface area contributed by atoms with Crippen molar-refractivity contribution in [2.24, 2.45) is 0 Å². The van der Waals surface area contributed by atoms with Crippen molar-refractivity contribution in [3.05, 3.63) is 28.3 Å². The summed E-state index contributed by atoms with van der Waals surface area (Å²) >= 11 is 0. The number of anilines is 1. The van der Waals surface area contributed by atoms with Crippen molar-refractivity contribution in [3.8, 4) is 0 Å². The van der Waals surface area contributed by atoms with Gasteiger partial charge in [-0.3, -0.25) is 10.1 Å². The maximum absolute atomic E-state index is 11.9. The fraction of sp³-hybridized carbons (Fsp3) is 0.538. The Hall–Kier alpha value is -1.67. The van der Waals surface area contributed by atoms with E-state index in [1.807, 2.05) is 0 Å². The van der Waals surface area contributed by atoms with Crippen LogP contribution in [-0.4, -0.2) is 25.9 Å². The van der Waals surface area contributed by atoms with Crippen LogP contribution < -0.4 is 10.0 Å². The molecule has 0 unspecified atom stereocenters. The first-order valence-electron chi connectivity index (χ1n) is 6.98. The summed E-state index contributed by atoms with van der Waals surface area (Å²) in [6.45, 7) is 1.89. The molecule has 1 aromatic rings. The Morgan fingerprint density at radius 2 is 2.00 bits per heavy atom. The molecule has 1 aliphatic rings. The van der Waals surface area contributed by atoms with Gasteiger partial charge in [0.15, 0.2) is 0 Å². The van der Waals surface area contributed by atoms with Crippen LogP contribution in [0, 0.1) is 10.1 Å². The molecule has 8 heteroatoms. The highest BCUT2D eigenvalue weighted by molar-refractivity contribution is 7.89. The van der Waals surface area contributed by atoms with Crippen LogP contribution in [0.1, 0.15) is 32.6 Å². The molecule has 0 radical (unpaired) electrons. The van der Waals surface area contributed by atoms with Crippen molar-refractivity contribution in [2.75, 3.05) is 11.9 Å². The molecule has 0 amide bonds. The molecule has 1 aliphatic carbocycles. The second-order valence-electron chi connectivity index (χ2n) is 5.06. The molecule has 0 spiro atoms. The first-order chi connectivity index (χ1) is 9.94. The van der Waals surface area contributed by atoms with Crippen molar-refractivity contribution in [1.82, 2.24) is 4.72 Å². The first kappa shape index (κ1) is 15.7. The van der Waals surface area contributed by atoms with E-state index in [1.54, 1.807) is 6.92 Å². The van der Waals surface area contributed by atoms with Gasteiger partial charge in [-0.25, -0.2) is 13.1 Å². The van der Waals surface area contributed by atoms with Gasteiger partial charge in [-0.15, -0.1) is 0 Å². The number of benzene rings is 1. The van der Waals surface area contributed by atoms with Gasteiger partial charge >= 0.3 is 0 Å². The average Bonchev–Trinajstić information content (AvgIpc) is 2.91. The maximum atomic E-state index is 11.9. The standard InChI is InChI=1S/C13H19N3O4S/c1-2-14-21(19,20)11-7-8-12(13(9-11)16(17)18)15-10-5-3-4-6-10/h7-10,14-15H,2-6H2,1H3. The van der Waals surface area contributed by atoms with Crippen LogP contribution in [0.4, 0.5) is 11.4 Å². The van der Waals surface area contributed by atoms with E-state index in [4.69, 9.17) is 0 Å². The van der Waals surface area contributed by atoms with E-state index in [0.717, 1.165) is 31.7 Å². The lowest BCUT2D eigenvalue weighted by Crippen LogP contribution is -2.23.